The summed E-state index contributed by atoms with van der Waals surface area (Å²) in [5.74, 6) is 0.200. The van der Waals surface area contributed by atoms with Gasteiger partial charge in [0.2, 0.25) is 5.91 Å². The highest BCUT2D eigenvalue weighted by atomic mass is 16.2. The number of nitrogens with zero attached hydrogens (tertiary/aromatic N) is 2. The average Bonchev–Trinajstić information content (AvgIpc) is 2.84. The van der Waals surface area contributed by atoms with E-state index in [-0.39, 0.29) is 5.91 Å². The predicted octanol–water partition coefficient (Wildman–Crippen LogP) is 2.42. The molecule has 1 aromatic heterocycles. The van der Waals surface area contributed by atoms with Crippen molar-refractivity contribution in [2.24, 2.45) is 0 Å². The Labute approximate surface area is 116 Å². The van der Waals surface area contributed by atoms with Crippen molar-refractivity contribution in [3.63, 3.8) is 0 Å². The number of aromatic nitrogens is 1. The van der Waals surface area contributed by atoms with Gasteiger partial charge in [0, 0.05) is 45.5 Å². The van der Waals surface area contributed by atoms with Gasteiger partial charge in [-0.1, -0.05) is 13.3 Å². The van der Waals surface area contributed by atoms with E-state index in [1.807, 2.05) is 7.05 Å². The van der Waals surface area contributed by atoms with E-state index in [0.29, 0.717) is 12.5 Å². The van der Waals surface area contributed by atoms with Crippen LogP contribution in [-0.4, -0.2) is 36.5 Å². The van der Waals surface area contributed by atoms with E-state index in [0.717, 1.165) is 19.4 Å². The zero-order chi connectivity index (χ0) is 14.3. The Balaban J connectivity index is 2.44. The van der Waals surface area contributed by atoms with Crippen molar-refractivity contribution in [3.05, 3.63) is 24.0 Å². The van der Waals surface area contributed by atoms with E-state index in [1.165, 1.54) is 12.0 Å². The first kappa shape index (κ1) is 15.8. The molecule has 1 amide bonds. The molecule has 0 aliphatic carbocycles. The lowest BCUT2D eigenvalue weighted by atomic mass is 10.1. The Morgan fingerprint density at radius 3 is 2.79 bits per heavy atom. The molecular formula is C15H27N3O. The Morgan fingerprint density at radius 1 is 1.47 bits per heavy atom. The van der Waals surface area contributed by atoms with E-state index in [1.54, 1.807) is 19.0 Å². The van der Waals surface area contributed by atoms with Crippen LogP contribution in [0.2, 0.25) is 0 Å². The average molecular weight is 265 g/mol. The predicted molar refractivity (Wildman–Crippen MR) is 79.1 cm³/mol. The van der Waals surface area contributed by atoms with Crippen molar-refractivity contribution >= 4 is 5.91 Å². The number of amides is 1. The van der Waals surface area contributed by atoms with Crippen molar-refractivity contribution in [2.45, 2.75) is 45.2 Å². The topological polar surface area (TPSA) is 37.3 Å². The van der Waals surface area contributed by atoms with Crippen LogP contribution in [0.1, 0.15) is 44.2 Å². The van der Waals surface area contributed by atoms with Crippen LogP contribution < -0.4 is 5.32 Å². The molecule has 1 aromatic rings. The largest absolute Gasteiger partial charge is 0.354 e. The summed E-state index contributed by atoms with van der Waals surface area (Å²) in [4.78, 5) is 13.1. The molecule has 108 valence electrons. The molecule has 0 bridgehead atoms. The second-order valence-electron chi connectivity index (χ2n) is 5.20. The Kier molecular flexibility index (Phi) is 6.64. The molecule has 0 spiro atoms. The third-order valence-electron chi connectivity index (χ3n) is 3.41. The summed E-state index contributed by atoms with van der Waals surface area (Å²) in [6, 6.07) is 2.61. The minimum Gasteiger partial charge on any atom is -0.354 e. The maximum atomic E-state index is 11.5. The summed E-state index contributed by atoms with van der Waals surface area (Å²) in [6.07, 6.45) is 8.13. The molecular weight excluding hydrogens is 238 g/mol. The van der Waals surface area contributed by atoms with Crippen molar-refractivity contribution in [3.8, 4) is 0 Å². The lowest BCUT2D eigenvalue weighted by Crippen LogP contribution is -2.21. The zero-order valence-electron chi connectivity index (χ0n) is 12.6. The van der Waals surface area contributed by atoms with Gasteiger partial charge in [0.25, 0.3) is 0 Å². The highest BCUT2D eigenvalue weighted by Gasteiger charge is 2.09. The number of hydrogen-bond donors (Lipinski definition) is 1. The Morgan fingerprint density at radius 2 is 2.21 bits per heavy atom. The lowest BCUT2D eigenvalue weighted by molar-refractivity contribution is -0.128. The first-order chi connectivity index (χ1) is 9.08. The van der Waals surface area contributed by atoms with Crippen LogP contribution in [-0.2, 0) is 11.3 Å². The summed E-state index contributed by atoms with van der Waals surface area (Å²) in [5.41, 5.74) is 1.34. The fourth-order valence-electron chi connectivity index (χ4n) is 2.21. The molecule has 1 unspecified atom stereocenters. The van der Waals surface area contributed by atoms with Gasteiger partial charge in [0.05, 0.1) is 0 Å². The molecule has 0 saturated carbocycles. The monoisotopic (exact) mass is 265 g/mol. The van der Waals surface area contributed by atoms with Crippen LogP contribution in [0.25, 0.3) is 0 Å². The molecule has 19 heavy (non-hydrogen) atoms. The van der Waals surface area contributed by atoms with Gasteiger partial charge in [-0.05, 0) is 31.5 Å². The fourth-order valence-corrected chi connectivity index (χ4v) is 2.21. The Hall–Kier alpha value is -1.29. The van der Waals surface area contributed by atoms with Gasteiger partial charge in [-0.3, -0.25) is 4.79 Å². The first-order valence-electron chi connectivity index (χ1n) is 7.11. The van der Waals surface area contributed by atoms with Gasteiger partial charge in [0.1, 0.15) is 0 Å². The van der Waals surface area contributed by atoms with E-state index in [9.17, 15) is 4.79 Å². The number of nitrogens with one attached hydrogen (secondary N) is 1. The minimum absolute atomic E-state index is 0.200. The van der Waals surface area contributed by atoms with Gasteiger partial charge >= 0.3 is 0 Å². The van der Waals surface area contributed by atoms with Gasteiger partial charge in [-0.2, -0.15) is 0 Å². The Bertz CT molecular complexity index is 384. The van der Waals surface area contributed by atoms with Crippen LogP contribution in [0.4, 0.5) is 0 Å². The van der Waals surface area contributed by atoms with E-state index >= 15 is 0 Å². The summed E-state index contributed by atoms with van der Waals surface area (Å²) in [6.45, 7) is 3.11. The van der Waals surface area contributed by atoms with Crippen LogP contribution in [0.3, 0.4) is 0 Å². The van der Waals surface area contributed by atoms with Crippen LogP contribution in [0, 0.1) is 0 Å². The first-order valence-corrected chi connectivity index (χ1v) is 7.11. The highest BCUT2D eigenvalue weighted by molar-refractivity contribution is 5.75. The maximum Gasteiger partial charge on any atom is 0.222 e. The van der Waals surface area contributed by atoms with Crippen molar-refractivity contribution in [2.75, 3.05) is 21.1 Å². The summed E-state index contributed by atoms with van der Waals surface area (Å²) in [7, 11) is 5.62. The molecule has 1 N–H and O–H groups in total. The number of carbonyl (C=O) groups is 1. The fraction of sp³-hybridized carbons (Fsp3) is 0.667. The van der Waals surface area contributed by atoms with Gasteiger partial charge < -0.3 is 14.8 Å². The van der Waals surface area contributed by atoms with Gasteiger partial charge in [-0.15, -0.1) is 0 Å². The quantitative estimate of drug-likeness (QED) is 0.784. The molecule has 4 nitrogen and oxygen atoms in total. The van der Waals surface area contributed by atoms with Crippen molar-refractivity contribution in [1.29, 1.82) is 0 Å². The van der Waals surface area contributed by atoms with E-state index < -0.39 is 0 Å². The standard InChI is InChI=1S/C15H27N3O/c1-5-7-14(16-2)13-9-11-18(12-13)10-6-8-15(19)17(3)4/h9,11-12,14,16H,5-8,10H2,1-4H3. The smallest absolute Gasteiger partial charge is 0.222 e. The lowest BCUT2D eigenvalue weighted by Gasteiger charge is -2.13. The molecule has 1 atom stereocenters. The van der Waals surface area contributed by atoms with Gasteiger partial charge in [-0.25, -0.2) is 0 Å². The van der Waals surface area contributed by atoms with Crippen LogP contribution in [0.15, 0.2) is 18.5 Å². The second kappa shape index (κ2) is 8.00. The summed E-state index contributed by atoms with van der Waals surface area (Å²) in [5, 5.41) is 3.35. The summed E-state index contributed by atoms with van der Waals surface area (Å²) < 4.78 is 2.18. The molecule has 0 radical (unpaired) electrons. The molecule has 0 aliphatic rings. The normalized spacial score (nSPS) is 12.4. The number of hydrogen-bond acceptors (Lipinski definition) is 2. The maximum absolute atomic E-state index is 11.5. The van der Waals surface area contributed by atoms with Crippen molar-refractivity contribution in [1.82, 2.24) is 14.8 Å². The van der Waals surface area contributed by atoms with Crippen LogP contribution >= 0.6 is 0 Å². The second-order valence-corrected chi connectivity index (χ2v) is 5.20. The molecule has 4 heteroatoms. The van der Waals surface area contributed by atoms with Crippen LogP contribution in [0.5, 0.6) is 0 Å². The van der Waals surface area contributed by atoms with Crippen molar-refractivity contribution < 1.29 is 4.79 Å². The molecule has 1 rings (SSSR count). The highest BCUT2D eigenvalue weighted by Crippen LogP contribution is 2.18. The number of rotatable bonds is 8. The third-order valence-corrected chi connectivity index (χ3v) is 3.41. The molecule has 0 saturated heterocycles. The number of aryl methyl sites for hydroxylation is 1. The third kappa shape index (κ3) is 5.07. The number of carbonyl (C=O) groups excluding carboxylic acids is 1. The molecule has 0 fully saturated rings. The molecule has 0 aromatic carbocycles. The minimum atomic E-state index is 0.200. The summed E-state index contributed by atoms with van der Waals surface area (Å²) >= 11 is 0. The zero-order valence-corrected chi connectivity index (χ0v) is 12.6. The van der Waals surface area contributed by atoms with Gasteiger partial charge in [0.15, 0.2) is 0 Å². The SMILES string of the molecule is CCCC(NC)c1ccn(CCCC(=O)N(C)C)c1. The molecule has 1 heterocycles. The van der Waals surface area contributed by atoms with E-state index in [2.05, 4.69) is 35.3 Å². The van der Waals surface area contributed by atoms with E-state index in [4.69, 9.17) is 0 Å². The molecule has 0 aliphatic heterocycles.